The predicted octanol–water partition coefficient (Wildman–Crippen LogP) is 3.60. The van der Waals surface area contributed by atoms with Crippen LogP contribution in [0.15, 0.2) is 77.7 Å². The number of hydrogen-bond donors (Lipinski definition) is 0. The number of nitrogens with zero attached hydrogens (tertiary/aromatic N) is 2. The lowest BCUT2D eigenvalue weighted by atomic mass is 10.1. The van der Waals surface area contributed by atoms with Gasteiger partial charge in [-0.15, -0.1) is 0 Å². The molecular formula is C19H14N2O. The molecule has 0 saturated heterocycles. The zero-order valence-corrected chi connectivity index (χ0v) is 11.9. The van der Waals surface area contributed by atoms with E-state index in [-0.39, 0.29) is 5.56 Å². The van der Waals surface area contributed by atoms with Gasteiger partial charge in [0.05, 0.1) is 23.8 Å². The smallest absolute Gasteiger partial charge is 0.269 e. The van der Waals surface area contributed by atoms with Crippen LogP contribution in [0, 0.1) is 0 Å². The fourth-order valence-corrected chi connectivity index (χ4v) is 2.78. The van der Waals surface area contributed by atoms with Gasteiger partial charge in [0, 0.05) is 0 Å². The van der Waals surface area contributed by atoms with Crippen LogP contribution >= 0.6 is 0 Å². The average molecular weight is 286 g/mol. The summed E-state index contributed by atoms with van der Waals surface area (Å²) in [6, 6.07) is 22.2. The van der Waals surface area contributed by atoms with Crippen LogP contribution in [-0.4, -0.2) is 9.55 Å². The van der Waals surface area contributed by atoms with Gasteiger partial charge in [0.25, 0.3) is 5.56 Å². The van der Waals surface area contributed by atoms with Crippen molar-refractivity contribution in [3.05, 3.63) is 88.8 Å². The molecule has 0 unspecified atom stereocenters. The van der Waals surface area contributed by atoms with Gasteiger partial charge in [-0.3, -0.25) is 4.79 Å². The van der Waals surface area contributed by atoms with Gasteiger partial charge in [0.2, 0.25) is 0 Å². The highest BCUT2D eigenvalue weighted by Crippen LogP contribution is 2.20. The first-order valence-electron chi connectivity index (χ1n) is 7.23. The number of aromatic nitrogens is 2. The fraction of sp³-hybridized carbons (Fsp3) is 0.0526. The lowest BCUT2D eigenvalue weighted by Gasteiger charge is -2.10. The molecule has 0 spiro atoms. The second-order valence-corrected chi connectivity index (χ2v) is 5.36. The summed E-state index contributed by atoms with van der Waals surface area (Å²) in [4.78, 5) is 16.6. The molecule has 1 aromatic heterocycles. The lowest BCUT2D eigenvalue weighted by molar-refractivity contribution is 0.787. The molecule has 3 aromatic carbocycles. The molecule has 0 aliphatic rings. The number of fused-ring (bicyclic) bond motifs is 2. The zero-order chi connectivity index (χ0) is 14.9. The van der Waals surface area contributed by atoms with Crippen molar-refractivity contribution in [2.45, 2.75) is 6.54 Å². The predicted molar refractivity (Wildman–Crippen MR) is 89.1 cm³/mol. The van der Waals surface area contributed by atoms with Gasteiger partial charge in [0.1, 0.15) is 0 Å². The Bertz CT molecular complexity index is 1020. The van der Waals surface area contributed by atoms with Gasteiger partial charge in [-0.05, 0) is 28.5 Å². The van der Waals surface area contributed by atoms with E-state index in [2.05, 4.69) is 17.1 Å². The van der Waals surface area contributed by atoms with E-state index in [1.54, 1.807) is 4.57 Å². The minimum Gasteiger partial charge on any atom is -0.301 e. The van der Waals surface area contributed by atoms with E-state index in [9.17, 15) is 4.79 Å². The van der Waals surface area contributed by atoms with Crippen molar-refractivity contribution in [2.75, 3.05) is 0 Å². The van der Waals surface area contributed by atoms with E-state index in [1.165, 1.54) is 6.20 Å². The van der Waals surface area contributed by atoms with Gasteiger partial charge in [-0.25, -0.2) is 4.98 Å². The first-order chi connectivity index (χ1) is 10.8. The molecule has 0 aliphatic heterocycles. The molecule has 3 heteroatoms. The molecule has 4 rings (SSSR count). The normalized spacial score (nSPS) is 11.1. The van der Waals surface area contributed by atoms with Crippen LogP contribution in [0.3, 0.4) is 0 Å². The molecule has 0 fully saturated rings. The zero-order valence-electron chi connectivity index (χ0n) is 11.9. The molecule has 3 nitrogen and oxygen atoms in total. The van der Waals surface area contributed by atoms with E-state index >= 15 is 0 Å². The highest BCUT2D eigenvalue weighted by molar-refractivity contribution is 5.94. The Morgan fingerprint density at radius 2 is 1.55 bits per heavy atom. The summed E-state index contributed by atoms with van der Waals surface area (Å²) in [5.74, 6) is 0. The van der Waals surface area contributed by atoms with Crippen LogP contribution in [0.25, 0.3) is 21.8 Å². The molecule has 22 heavy (non-hydrogen) atoms. The Morgan fingerprint density at radius 3 is 2.32 bits per heavy atom. The summed E-state index contributed by atoms with van der Waals surface area (Å²) >= 11 is 0. The van der Waals surface area contributed by atoms with E-state index in [0.29, 0.717) is 6.54 Å². The van der Waals surface area contributed by atoms with Gasteiger partial charge < -0.3 is 4.57 Å². The number of rotatable bonds is 2. The molecule has 1 heterocycles. The molecule has 0 atom stereocenters. The number of benzene rings is 3. The van der Waals surface area contributed by atoms with E-state index in [0.717, 1.165) is 27.4 Å². The molecule has 0 amide bonds. The highest BCUT2D eigenvalue weighted by Gasteiger charge is 2.06. The molecule has 0 radical (unpaired) electrons. The Hall–Kier alpha value is -2.94. The summed E-state index contributed by atoms with van der Waals surface area (Å²) in [6.45, 7) is 0.553. The first-order valence-corrected chi connectivity index (χ1v) is 7.23. The van der Waals surface area contributed by atoms with E-state index in [4.69, 9.17) is 0 Å². The topological polar surface area (TPSA) is 34.9 Å². The molecule has 106 valence electrons. The first kappa shape index (κ1) is 12.8. The Kier molecular flexibility index (Phi) is 2.97. The second-order valence-electron chi connectivity index (χ2n) is 5.36. The van der Waals surface area contributed by atoms with E-state index in [1.807, 2.05) is 54.6 Å². The van der Waals surface area contributed by atoms with Gasteiger partial charge in [-0.1, -0.05) is 54.6 Å². The SMILES string of the molecule is O=c1cnc2cc3ccccc3cc2n1Cc1ccccc1. The second kappa shape index (κ2) is 5.11. The average Bonchev–Trinajstić information content (AvgIpc) is 2.57. The third-order valence-electron chi connectivity index (χ3n) is 3.90. The van der Waals surface area contributed by atoms with Crippen molar-refractivity contribution in [1.29, 1.82) is 0 Å². The number of hydrogen-bond acceptors (Lipinski definition) is 2. The molecule has 0 N–H and O–H groups in total. The van der Waals surface area contributed by atoms with Gasteiger partial charge in [-0.2, -0.15) is 0 Å². The fourth-order valence-electron chi connectivity index (χ4n) is 2.78. The third kappa shape index (κ3) is 2.17. The third-order valence-corrected chi connectivity index (χ3v) is 3.90. The molecule has 0 bridgehead atoms. The van der Waals surface area contributed by atoms with Crippen molar-refractivity contribution in [2.24, 2.45) is 0 Å². The minimum absolute atomic E-state index is 0.0772. The standard InChI is InChI=1S/C19H14N2O/c22-19-12-20-17-10-15-8-4-5-9-16(15)11-18(17)21(19)13-14-6-2-1-3-7-14/h1-12H,13H2. The maximum atomic E-state index is 12.3. The summed E-state index contributed by atoms with van der Waals surface area (Å²) in [5.41, 5.74) is 2.74. The lowest BCUT2D eigenvalue weighted by Crippen LogP contribution is -2.21. The molecular weight excluding hydrogens is 272 g/mol. The Balaban J connectivity index is 1.98. The van der Waals surface area contributed by atoms with Gasteiger partial charge in [0.15, 0.2) is 0 Å². The summed E-state index contributed by atoms with van der Waals surface area (Å²) in [7, 11) is 0. The van der Waals surface area contributed by atoms with Crippen LogP contribution in [0.2, 0.25) is 0 Å². The Morgan fingerprint density at radius 1 is 0.864 bits per heavy atom. The molecule has 0 saturated carbocycles. The monoisotopic (exact) mass is 286 g/mol. The van der Waals surface area contributed by atoms with Crippen molar-refractivity contribution in [3.8, 4) is 0 Å². The van der Waals surface area contributed by atoms with Crippen LogP contribution < -0.4 is 5.56 Å². The van der Waals surface area contributed by atoms with Crippen LogP contribution in [0.4, 0.5) is 0 Å². The summed E-state index contributed by atoms with van der Waals surface area (Å²) in [6.07, 6.45) is 1.40. The van der Waals surface area contributed by atoms with Crippen molar-refractivity contribution < 1.29 is 0 Å². The largest absolute Gasteiger partial charge is 0.301 e. The summed E-state index contributed by atoms with van der Waals surface area (Å²) < 4.78 is 1.78. The van der Waals surface area contributed by atoms with Crippen LogP contribution in [0.5, 0.6) is 0 Å². The van der Waals surface area contributed by atoms with Crippen LogP contribution in [0.1, 0.15) is 5.56 Å². The quantitative estimate of drug-likeness (QED) is 0.528. The van der Waals surface area contributed by atoms with Crippen LogP contribution in [-0.2, 0) is 6.54 Å². The maximum Gasteiger partial charge on any atom is 0.269 e. The molecule has 0 aliphatic carbocycles. The minimum atomic E-state index is -0.0772. The van der Waals surface area contributed by atoms with Crippen molar-refractivity contribution in [1.82, 2.24) is 9.55 Å². The Labute approximate surface area is 127 Å². The maximum absolute atomic E-state index is 12.3. The van der Waals surface area contributed by atoms with Crippen molar-refractivity contribution in [3.63, 3.8) is 0 Å². The van der Waals surface area contributed by atoms with Crippen molar-refractivity contribution >= 4 is 21.8 Å². The molecule has 4 aromatic rings. The van der Waals surface area contributed by atoms with E-state index < -0.39 is 0 Å². The summed E-state index contributed by atoms with van der Waals surface area (Å²) in [5, 5.41) is 2.25. The highest BCUT2D eigenvalue weighted by atomic mass is 16.1. The van der Waals surface area contributed by atoms with Gasteiger partial charge >= 0.3 is 0 Å².